The summed E-state index contributed by atoms with van der Waals surface area (Å²) in [6.45, 7) is 3.90. The van der Waals surface area contributed by atoms with Crippen LogP contribution in [0.5, 0.6) is 0 Å². The fraction of sp³-hybridized carbons (Fsp3) is 0.188. The highest BCUT2D eigenvalue weighted by Gasteiger charge is 2.18. The molecule has 0 radical (unpaired) electrons. The predicted octanol–water partition coefficient (Wildman–Crippen LogP) is 3.34. The van der Waals surface area contributed by atoms with Gasteiger partial charge in [-0.05, 0) is 17.7 Å². The zero-order valence-corrected chi connectivity index (χ0v) is 11.3. The molecule has 0 spiro atoms. The third kappa shape index (κ3) is 2.60. The summed E-state index contributed by atoms with van der Waals surface area (Å²) in [5, 5.41) is 0. The molecule has 2 rings (SSSR count). The Balaban J connectivity index is 2.43. The van der Waals surface area contributed by atoms with Gasteiger partial charge >= 0.3 is 6.03 Å². The predicted molar refractivity (Wildman–Crippen MR) is 77.4 cm³/mol. The number of carbonyl (C=O) groups excluding carboxylic acids is 1. The van der Waals surface area contributed by atoms with E-state index in [1.165, 1.54) is 0 Å². The van der Waals surface area contributed by atoms with E-state index in [1.807, 2.05) is 48.5 Å². The fourth-order valence-electron chi connectivity index (χ4n) is 2.13. The Hall–Kier alpha value is -2.29. The van der Waals surface area contributed by atoms with E-state index < -0.39 is 0 Å². The van der Waals surface area contributed by atoms with Crippen molar-refractivity contribution in [1.82, 2.24) is 9.47 Å². The average Bonchev–Trinajstić information content (AvgIpc) is 2.89. The van der Waals surface area contributed by atoms with Gasteiger partial charge in [0.25, 0.3) is 0 Å². The van der Waals surface area contributed by atoms with E-state index in [1.54, 1.807) is 29.8 Å². The van der Waals surface area contributed by atoms with Crippen LogP contribution in [-0.2, 0) is 0 Å². The highest BCUT2D eigenvalue weighted by atomic mass is 16.2. The van der Waals surface area contributed by atoms with Crippen LogP contribution in [0.1, 0.15) is 17.2 Å². The largest absolute Gasteiger partial charge is 0.330 e. The maximum absolute atomic E-state index is 12.1. The van der Waals surface area contributed by atoms with Gasteiger partial charge in [0.2, 0.25) is 0 Å². The van der Waals surface area contributed by atoms with Crippen molar-refractivity contribution in [3.63, 3.8) is 0 Å². The number of rotatable bonds is 3. The molecule has 0 aliphatic heterocycles. The highest BCUT2D eigenvalue weighted by Crippen LogP contribution is 2.26. The van der Waals surface area contributed by atoms with Crippen LogP contribution in [0.25, 0.3) is 0 Å². The second kappa shape index (κ2) is 5.57. The molecular formula is C16H18N2O. The molecule has 1 atom stereocenters. The first-order valence-electron chi connectivity index (χ1n) is 6.21. The Morgan fingerprint density at radius 1 is 1.21 bits per heavy atom. The summed E-state index contributed by atoms with van der Waals surface area (Å²) in [5.74, 6) is 0.0140. The van der Waals surface area contributed by atoms with Gasteiger partial charge in [-0.3, -0.25) is 4.57 Å². The van der Waals surface area contributed by atoms with Crippen LogP contribution in [-0.4, -0.2) is 29.6 Å². The van der Waals surface area contributed by atoms with Gasteiger partial charge in [-0.2, -0.15) is 0 Å². The monoisotopic (exact) mass is 254 g/mol. The third-order valence-corrected chi connectivity index (χ3v) is 3.08. The van der Waals surface area contributed by atoms with Crippen LogP contribution in [0.4, 0.5) is 4.79 Å². The lowest BCUT2D eigenvalue weighted by Crippen LogP contribution is -2.28. The molecular weight excluding hydrogens is 236 g/mol. The number of aromatic nitrogens is 1. The van der Waals surface area contributed by atoms with Crippen molar-refractivity contribution in [3.05, 3.63) is 72.6 Å². The van der Waals surface area contributed by atoms with E-state index >= 15 is 0 Å². The number of amides is 1. The Kier molecular flexibility index (Phi) is 3.85. The molecule has 0 aliphatic carbocycles. The van der Waals surface area contributed by atoms with E-state index in [4.69, 9.17) is 0 Å². The molecule has 1 heterocycles. The van der Waals surface area contributed by atoms with Crippen molar-refractivity contribution in [2.24, 2.45) is 0 Å². The van der Waals surface area contributed by atoms with Crippen LogP contribution in [0.2, 0.25) is 0 Å². The molecule has 0 bridgehead atoms. The second-order valence-electron chi connectivity index (χ2n) is 4.60. The maximum Gasteiger partial charge on any atom is 0.327 e. The molecule has 1 aromatic carbocycles. The summed E-state index contributed by atoms with van der Waals surface area (Å²) >= 11 is 0. The summed E-state index contributed by atoms with van der Waals surface area (Å²) in [4.78, 5) is 13.7. The molecule has 0 aliphatic rings. The first kappa shape index (κ1) is 13.1. The van der Waals surface area contributed by atoms with Gasteiger partial charge < -0.3 is 4.90 Å². The number of nitrogens with zero attached hydrogens (tertiary/aromatic N) is 2. The van der Waals surface area contributed by atoms with E-state index in [2.05, 4.69) is 6.58 Å². The molecule has 2 aromatic rings. The van der Waals surface area contributed by atoms with Gasteiger partial charge in [0, 0.05) is 31.9 Å². The Bertz CT molecular complexity index is 569. The minimum Gasteiger partial charge on any atom is -0.330 e. The average molecular weight is 254 g/mol. The molecule has 3 nitrogen and oxygen atoms in total. The van der Waals surface area contributed by atoms with Crippen LogP contribution in [0.3, 0.4) is 0 Å². The maximum atomic E-state index is 12.1. The molecule has 0 saturated carbocycles. The van der Waals surface area contributed by atoms with Crippen LogP contribution in [0, 0.1) is 0 Å². The van der Waals surface area contributed by atoms with E-state index in [0.717, 1.165) is 11.3 Å². The zero-order chi connectivity index (χ0) is 13.8. The van der Waals surface area contributed by atoms with Gasteiger partial charge in [-0.15, -0.1) is 6.58 Å². The first-order chi connectivity index (χ1) is 9.15. The SMILES string of the molecule is C=CC(c1ccccc1)c1cccn1C(=O)N(C)C. The van der Waals surface area contributed by atoms with Crippen molar-refractivity contribution in [3.8, 4) is 0 Å². The Morgan fingerprint density at radius 2 is 1.89 bits per heavy atom. The number of benzene rings is 1. The number of carbonyl (C=O) groups is 1. The molecule has 1 amide bonds. The fourth-order valence-corrected chi connectivity index (χ4v) is 2.13. The van der Waals surface area contributed by atoms with Crippen molar-refractivity contribution in [2.75, 3.05) is 14.1 Å². The summed E-state index contributed by atoms with van der Waals surface area (Å²) in [7, 11) is 3.50. The standard InChI is InChI=1S/C16H18N2O/c1-4-14(13-9-6-5-7-10-13)15-11-8-12-18(15)16(19)17(2)3/h4-12,14H,1H2,2-3H3. The Morgan fingerprint density at radius 3 is 2.47 bits per heavy atom. The number of allylic oxidation sites excluding steroid dienone is 1. The van der Waals surface area contributed by atoms with E-state index in [9.17, 15) is 4.79 Å². The molecule has 1 aromatic heterocycles. The van der Waals surface area contributed by atoms with E-state index in [-0.39, 0.29) is 11.9 Å². The molecule has 3 heteroatoms. The van der Waals surface area contributed by atoms with Gasteiger partial charge in [0.1, 0.15) is 0 Å². The van der Waals surface area contributed by atoms with Crippen molar-refractivity contribution in [1.29, 1.82) is 0 Å². The highest BCUT2D eigenvalue weighted by molar-refractivity contribution is 5.77. The van der Waals surface area contributed by atoms with Gasteiger partial charge in [-0.1, -0.05) is 36.4 Å². The van der Waals surface area contributed by atoms with Crippen LogP contribution in [0.15, 0.2) is 61.3 Å². The second-order valence-corrected chi connectivity index (χ2v) is 4.60. The molecule has 0 N–H and O–H groups in total. The number of hydrogen-bond acceptors (Lipinski definition) is 1. The summed E-state index contributed by atoms with van der Waals surface area (Å²) < 4.78 is 1.67. The lowest BCUT2D eigenvalue weighted by molar-refractivity contribution is 0.218. The summed E-state index contributed by atoms with van der Waals surface area (Å²) in [5.41, 5.74) is 2.06. The van der Waals surface area contributed by atoms with Crippen LogP contribution < -0.4 is 0 Å². The molecule has 0 fully saturated rings. The molecule has 19 heavy (non-hydrogen) atoms. The quantitative estimate of drug-likeness (QED) is 0.771. The molecule has 1 unspecified atom stereocenters. The summed E-state index contributed by atoms with van der Waals surface area (Å²) in [6, 6.07) is 13.8. The van der Waals surface area contributed by atoms with Crippen molar-refractivity contribution < 1.29 is 4.79 Å². The molecule has 98 valence electrons. The third-order valence-electron chi connectivity index (χ3n) is 3.08. The van der Waals surface area contributed by atoms with Crippen molar-refractivity contribution in [2.45, 2.75) is 5.92 Å². The lowest BCUT2D eigenvalue weighted by atomic mass is 9.96. The lowest BCUT2D eigenvalue weighted by Gasteiger charge is -2.18. The minimum atomic E-state index is -0.0530. The molecule has 0 saturated heterocycles. The summed E-state index contributed by atoms with van der Waals surface area (Å²) in [6.07, 6.45) is 3.65. The smallest absolute Gasteiger partial charge is 0.327 e. The zero-order valence-electron chi connectivity index (χ0n) is 11.3. The van der Waals surface area contributed by atoms with Gasteiger partial charge in [0.15, 0.2) is 0 Å². The van der Waals surface area contributed by atoms with Crippen molar-refractivity contribution >= 4 is 6.03 Å². The topological polar surface area (TPSA) is 25.2 Å². The van der Waals surface area contributed by atoms with Gasteiger partial charge in [0.05, 0.1) is 0 Å². The van der Waals surface area contributed by atoms with Gasteiger partial charge in [-0.25, -0.2) is 4.79 Å². The normalized spacial score (nSPS) is 11.9. The number of hydrogen-bond donors (Lipinski definition) is 0. The minimum absolute atomic E-state index is 0.0140. The Labute approximate surface area is 113 Å². The first-order valence-corrected chi connectivity index (χ1v) is 6.21. The van der Waals surface area contributed by atoms with Crippen LogP contribution >= 0.6 is 0 Å². The van der Waals surface area contributed by atoms with E-state index in [0.29, 0.717) is 0 Å².